The molecule has 1 unspecified atom stereocenters. The van der Waals surface area contributed by atoms with Crippen LogP contribution in [0.25, 0.3) is 0 Å². The lowest BCUT2D eigenvalue weighted by Gasteiger charge is -2.20. The van der Waals surface area contributed by atoms with Gasteiger partial charge in [0.2, 0.25) is 0 Å². The van der Waals surface area contributed by atoms with Crippen molar-refractivity contribution in [2.45, 2.75) is 12.5 Å². The average molecular weight is 389 g/mol. The number of para-hydroxylation sites is 1. The molecule has 3 rings (SSSR count). The highest BCUT2D eigenvalue weighted by Gasteiger charge is 2.15. The molecule has 3 aromatic rings. The summed E-state index contributed by atoms with van der Waals surface area (Å²) < 4.78 is 10.8. The molecule has 0 fully saturated rings. The van der Waals surface area contributed by atoms with Gasteiger partial charge in [-0.05, 0) is 36.4 Å². The van der Waals surface area contributed by atoms with Gasteiger partial charge >= 0.3 is 11.9 Å². The van der Waals surface area contributed by atoms with Crippen molar-refractivity contribution in [1.29, 1.82) is 0 Å². The summed E-state index contributed by atoms with van der Waals surface area (Å²) in [5, 5.41) is 3.33. The molecule has 0 aliphatic rings. The number of hydrogen-bond acceptors (Lipinski definition) is 5. The SMILES string of the molecule is O=C(OCCC(COC(=O)c1ccccc1)Nc1ccccc1)c1ccccc1. The molecule has 0 saturated heterocycles. The van der Waals surface area contributed by atoms with Gasteiger partial charge in [0.25, 0.3) is 0 Å². The van der Waals surface area contributed by atoms with E-state index in [1.807, 2.05) is 42.5 Å². The predicted molar refractivity (Wildman–Crippen MR) is 112 cm³/mol. The van der Waals surface area contributed by atoms with Gasteiger partial charge in [0, 0.05) is 12.1 Å². The molecule has 148 valence electrons. The Morgan fingerprint density at radius 2 is 1.17 bits per heavy atom. The molecular formula is C24H23NO4. The third-order valence-electron chi connectivity index (χ3n) is 4.28. The number of rotatable bonds is 9. The molecule has 0 radical (unpaired) electrons. The molecule has 0 heterocycles. The normalized spacial score (nSPS) is 11.3. The fraction of sp³-hybridized carbons (Fsp3) is 0.167. The molecule has 0 aromatic heterocycles. The van der Waals surface area contributed by atoms with Crippen LogP contribution in [0.15, 0.2) is 91.0 Å². The molecule has 29 heavy (non-hydrogen) atoms. The van der Waals surface area contributed by atoms with Crippen molar-refractivity contribution in [3.05, 3.63) is 102 Å². The van der Waals surface area contributed by atoms with Crippen LogP contribution in [0.3, 0.4) is 0 Å². The summed E-state index contributed by atoms with van der Waals surface area (Å²) in [5.74, 6) is -0.753. The molecule has 5 heteroatoms. The summed E-state index contributed by atoms with van der Waals surface area (Å²) in [4.78, 5) is 24.3. The van der Waals surface area contributed by atoms with Crippen molar-refractivity contribution < 1.29 is 19.1 Å². The van der Waals surface area contributed by atoms with Crippen LogP contribution in [-0.4, -0.2) is 31.2 Å². The molecule has 0 amide bonds. The second-order valence-electron chi connectivity index (χ2n) is 6.46. The quantitative estimate of drug-likeness (QED) is 0.543. The van der Waals surface area contributed by atoms with E-state index in [4.69, 9.17) is 9.47 Å². The van der Waals surface area contributed by atoms with Gasteiger partial charge in [0.15, 0.2) is 0 Å². The van der Waals surface area contributed by atoms with E-state index in [9.17, 15) is 9.59 Å². The number of hydrogen-bond donors (Lipinski definition) is 1. The molecule has 1 N–H and O–H groups in total. The van der Waals surface area contributed by atoms with E-state index in [0.717, 1.165) is 5.69 Å². The van der Waals surface area contributed by atoms with E-state index in [1.54, 1.807) is 48.5 Å². The highest BCUT2D eigenvalue weighted by Crippen LogP contribution is 2.11. The van der Waals surface area contributed by atoms with Crippen LogP contribution >= 0.6 is 0 Å². The molecule has 0 aliphatic carbocycles. The zero-order chi connectivity index (χ0) is 20.3. The van der Waals surface area contributed by atoms with Crippen molar-refractivity contribution in [3.8, 4) is 0 Å². The van der Waals surface area contributed by atoms with Gasteiger partial charge in [0.05, 0.1) is 23.8 Å². The van der Waals surface area contributed by atoms with Gasteiger partial charge in [-0.2, -0.15) is 0 Å². The Balaban J connectivity index is 1.55. The first-order valence-electron chi connectivity index (χ1n) is 9.48. The summed E-state index contributed by atoms with van der Waals surface area (Å²) >= 11 is 0. The number of nitrogens with one attached hydrogen (secondary N) is 1. The maximum atomic E-state index is 12.2. The Bertz CT molecular complexity index is 898. The number of carbonyl (C=O) groups excluding carboxylic acids is 2. The summed E-state index contributed by atoms with van der Waals surface area (Å²) in [6.07, 6.45) is 0.496. The van der Waals surface area contributed by atoms with Gasteiger partial charge in [0.1, 0.15) is 6.61 Å². The first-order chi connectivity index (χ1) is 14.2. The van der Waals surface area contributed by atoms with Crippen LogP contribution in [0.1, 0.15) is 27.1 Å². The molecule has 0 saturated carbocycles. The van der Waals surface area contributed by atoms with Gasteiger partial charge in [-0.3, -0.25) is 0 Å². The zero-order valence-corrected chi connectivity index (χ0v) is 16.0. The average Bonchev–Trinajstić information content (AvgIpc) is 2.79. The maximum Gasteiger partial charge on any atom is 0.338 e. The molecule has 3 aromatic carbocycles. The summed E-state index contributed by atoms with van der Waals surface area (Å²) in [5.41, 5.74) is 1.92. The first-order valence-corrected chi connectivity index (χ1v) is 9.48. The number of ether oxygens (including phenoxy) is 2. The van der Waals surface area contributed by atoms with Gasteiger partial charge < -0.3 is 14.8 Å². The van der Waals surface area contributed by atoms with Gasteiger partial charge in [-0.25, -0.2) is 9.59 Å². The van der Waals surface area contributed by atoms with E-state index in [1.165, 1.54) is 0 Å². The molecular weight excluding hydrogens is 366 g/mol. The first kappa shape index (κ1) is 20.1. The number of esters is 2. The van der Waals surface area contributed by atoms with Crippen LogP contribution in [-0.2, 0) is 9.47 Å². The van der Waals surface area contributed by atoms with Crippen LogP contribution in [0.2, 0.25) is 0 Å². The zero-order valence-electron chi connectivity index (χ0n) is 16.0. The standard InChI is InChI=1S/C24H23NO4/c26-23(19-10-4-1-5-11-19)28-17-16-22(25-21-14-8-3-9-15-21)18-29-24(27)20-12-6-2-7-13-20/h1-15,22,25H,16-18H2. The largest absolute Gasteiger partial charge is 0.462 e. The Morgan fingerprint density at radius 1 is 0.690 bits per heavy atom. The predicted octanol–water partition coefficient (Wildman–Crippen LogP) is 4.57. The molecule has 0 aliphatic heterocycles. The van der Waals surface area contributed by atoms with Crippen LogP contribution in [0.5, 0.6) is 0 Å². The van der Waals surface area contributed by atoms with E-state index in [2.05, 4.69) is 5.32 Å². The van der Waals surface area contributed by atoms with Crippen molar-refractivity contribution in [2.75, 3.05) is 18.5 Å². The third-order valence-corrected chi connectivity index (χ3v) is 4.28. The van der Waals surface area contributed by atoms with Crippen molar-refractivity contribution in [1.82, 2.24) is 0 Å². The van der Waals surface area contributed by atoms with E-state index < -0.39 is 0 Å². The smallest absolute Gasteiger partial charge is 0.338 e. The second-order valence-corrected chi connectivity index (χ2v) is 6.46. The van der Waals surface area contributed by atoms with Gasteiger partial charge in [-0.15, -0.1) is 0 Å². The molecule has 5 nitrogen and oxygen atoms in total. The fourth-order valence-corrected chi connectivity index (χ4v) is 2.75. The lowest BCUT2D eigenvalue weighted by molar-refractivity contribution is 0.0418. The Hall–Kier alpha value is -3.60. The lowest BCUT2D eigenvalue weighted by atomic mass is 10.2. The maximum absolute atomic E-state index is 12.2. The third kappa shape index (κ3) is 6.50. The van der Waals surface area contributed by atoms with Gasteiger partial charge in [-0.1, -0.05) is 54.6 Å². The number of carbonyl (C=O) groups is 2. The summed E-state index contributed by atoms with van der Waals surface area (Å²) in [6, 6.07) is 27.1. The topological polar surface area (TPSA) is 64.6 Å². The molecule has 0 spiro atoms. The Kier molecular flexibility index (Phi) is 7.41. The number of benzene rings is 3. The van der Waals surface area contributed by atoms with Crippen LogP contribution in [0, 0.1) is 0 Å². The Morgan fingerprint density at radius 3 is 1.72 bits per heavy atom. The summed E-state index contributed by atoms with van der Waals surface area (Å²) in [6.45, 7) is 0.368. The highest BCUT2D eigenvalue weighted by molar-refractivity contribution is 5.89. The van der Waals surface area contributed by atoms with E-state index >= 15 is 0 Å². The van der Waals surface area contributed by atoms with Crippen molar-refractivity contribution in [2.24, 2.45) is 0 Å². The minimum atomic E-state index is -0.383. The van der Waals surface area contributed by atoms with Crippen molar-refractivity contribution >= 4 is 17.6 Å². The van der Waals surface area contributed by atoms with Crippen LogP contribution < -0.4 is 5.32 Å². The van der Waals surface area contributed by atoms with Crippen molar-refractivity contribution in [3.63, 3.8) is 0 Å². The Labute approximate surface area is 170 Å². The molecule has 1 atom stereocenters. The lowest BCUT2D eigenvalue weighted by Crippen LogP contribution is -2.29. The second kappa shape index (κ2) is 10.7. The number of anilines is 1. The highest BCUT2D eigenvalue weighted by atomic mass is 16.5. The minimum absolute atomic E-state index is 0.158. The van der Waals surface area contributed by atoms with E-state index in [-0.39, 0.29) is 31.2 Å². The van der Waals surface area contributed by atoms with Crippen LogP contribution in [0.4, 0.5) is 5.69 Å². The molecule has 0 bridgehead atoms. The van der Waals surface area contributed by atoms with E-state index in [0.29, 0.717) is 17.5 Å². The monoisotopic (exact) mass is 389 g/mol. The fourth-order valence-electron chi connectivity index (χ4n) is 2.75. The summed E-state index contributed by atoms with van der Waals surface area (Å²) in [7, 11) is 0. The minimum Gasteiger partial charge on any atom is -0.462 e.